The number of benzene rings is 1. The molecule has 5 nitrogen and oxygen atoms in total. The van der Waals surface area contributed by atoms with Crippen LogP contribution in [0.5, 0.6) is 5.75 Å². The highest BCUT2D eigenvalue weighted by molar-refractivity contribution is 9.10. The van der Waals surface area contributed by atoms with Crippen LogP contribution in [0.15, 0.2) is 39.9 Å². The van der Waals surface area contributed by atoms with Crippen molar-refractivity contribution in [2.75, 3.05) is 6.61 Å². The molecule has 24 heavy (non-hydrogen) atoms. The van der Waals surface area contributed by atoms with Crippen LogP contribution in [0.4, 0.5) is 0 Å². The number of nitrogens with two attached hydrogens (primary N) is 1. The summed E-state index contributed by atoms with van der Waals surface area (Å²) in [5.74, 6) is 1.20. The molecule has 0 aliphatic rings. The summed E-state index contributed by atoms with van der Waals surface area (Å²) < 4.78 is 6.68. The molecule has 126 valence electrons. The second-order valence-electron chi connectivity index (χ2n) is 6.40. The van der Waals surface area contributed by atoms with Crippen molar-refractivity contribution < 1.29 is 4.74 Å². The number of fused-ring (bicyclic) bond motifs is 3. The Hall–Kier alpha value is -1.92. The highest BCUT2D eigenvalue weighted by Crippen LogP contribution is 2.32. The Morgan fingerprint density at radius 3 is 2.83 bits per heavy atom. The highest BCUT2D eigenvalue weighted by Gasteiger charge is 2.12. The van der Waals surface area contributed by atoms with Crippen molar-refractivity contribution in [3.05, 3.63) is 45.4 Å². The maximum atomic E-state index is 12.2. The molecular formula is C18H20BrN3O2. The van der Waals surface area contributed by atoms with Crippen LogP contribution < -0.4 is 16.0 Å². The van der Waals surface area contributed by atoms with Crippen molar-refractivity contribution >= 4 is 37.6 Å². The number of hydrogen-bond donors (Lipinski definition) is 2. The summed E-state index contributed by atoms with van der Waals surface area (Å²) >= 11 is 3.55. The lowest BCUT2D eigenvalue weighted by Gasteiger charge is -2.16. The molecule has 1 aromatic carbocycles. The number of nitrogens with zero attached hydrogens (tertiary/aromatic N) is 1. The van der Waals surface area contributed by atoms with Crippen molar-refractivity contribution in [1.29, 1.82) is 0 Å². The second-order valence-corrected chi connectivity index (χ2v) is 7.26. The van der Waals surface area contributed by atoms with E-state index in [0.29, 0.717) is 23.7 Å². The molecule has 2 aromatic heterocycles. The van der Waals surface area contributed by atoms with E-state index in [4.69, 9.17) is 10.5 Å². The maximum absolute atomic E-state index is 12.2. The number of H-pyrrole nitrogens is 1. The summed E-state index contributed by atoms with van der Waals surface area (Å²) in [6.07, 6.45) is 4.17. The molecule has 0 saturated heterocycles. The van der Waals surface area contributed by atoms with Gasteiger partial charge in [0.05, 0.1) is 15.4 Å². The number of nitrogens with one attached hydrogen (secondary N) is 1. The van der Waals surface area contributed by atoms with Crippen molar-refractivity contribution in [3.63, 3.8) is 0 Å². The number of ether oxygens (including phenoxy) is 1. The first-order valence-electron chi connectivity index (χ1n) is 7.93. The fourth-order valence-corrected chi connectivity index (χ4v) is 3.32. The zero-order valence-electron chi connectivity index (χ0n) is 13.7. The van der Waals surface area contributed by atoms with Gasteiger partial charge in [0.15, 0.2) is 0 Å². The first kappa shape index (κ1) is 16.9. The standard InChI is InChI=1S/C18H20BrN3O2/c1-10(2)5-11(20)9-24-17-7-16-13(6-15(17)19)12-3-4-21-8-14(12)18(23)22-16/h3-4,6-8,10-11H,5,9,20H2,1-2H3,(H,22,23)/t11-/m0/s1. The van der Waals surface area contributed by atoms with Crippen LogP contribution in [-0.4, -0.2) is 22.6 Å². The smallest absolute Gasteiger partial charge is 0.257 e. The van der Waals surface area contributed by atoms with Crippen molar-refractivity contribution in [3.8, 4) is 5.75 Å². The highest BCUT2D eigenvalue weighted by atomic mass is 79.9. The third-order valence-electron chi connectivity index (χ3n) is 3.90. The van der Waals surface area contributed by atoms with E-state index in [1.165, 1.54) is 0 Å². The maximum Gasteiger partial charge on any atom is 0.257 e. The van der Waals surface area contributed by atoms with Crippen LogP contribution >= 0.6 is 15.9 Å². The summed E-state index contributed by atoms with van der Waals surface area (Å²) in [7, 11) is 0. The average Bonchev–Trinajstić information content (AvgIpc) is 2.53. The molecule has 0 aliphatic heterocycles. The van der Waals surface area contributed by atoms with Crippen LogP contribution in [0.3, 0.4) is 0 Å². The van der Waals surface area contributed by atoms with Gasteiger partial charge in [-0.05, 0) is 45.8 Å². The molecule has 0 amide bonds. The van der Waals surface area contributed by atoms with Gasteiger partial charge in [0.25, 0.3) is 5.56 Å². The lowest BCUT2D eigenvalue weighted by Crippen LogP contribution is -2.29. The molecule has 0 saturated carbocycles. The molecule has 0 spiro atoms. The molecule has 1 atom stereocenters. The van der Waals surface area contributed by atoms with Gasteiger partial charge >= 0.3 is 0 Å². The minimum absolute atomic E-state index is 0.0191. The largest absolute Gasteiger partial charge is 0.491 e. The molecule has 3 aromatic rings. The summed E-state index contributed by atoms with van der Waals surface area (Å²) in [6, 6.07) is 5.62. The predicted octanol–water partition coefficient (Wildman–Crippen LogP) is 3.59. The summed E-state index contributed by atoms with van der Waals surface area (Å²) in [5, 5.41) is 2.38. The lowest BCUT2D eigenvalue weighted by molar-refractivity contribution is 0.270. The zero-order chi connectivity index (χ0) is 17.3. The van der Waals surface area contributed by atoms with Crippen LogP contribution in [0.2, 0.25) is 0 Å². The quantitative estimate of drug-likeness (QED) is 0.653. The third kappa shape index (κ3) is 3.44. The lowest BCUT2D eigenvalue weighted by atomic mass is 10.1. The van der Waals surface area contributed by atoms with E-state index in [1.54, 1.807) is 12.4 Å². The third-order valence-corrected chi connectivity index (χ3v) is 4.52. The van der Waals surface area contributed by atoms with E-state index in [0.717, 1.165) is 27.2 Å². The Labute approximate surface area is 148 Å². The summed E-state index contributed by atoms with van der Waals surface area (Å²) in [5.41, 5.74) is 6.65. The van der Waals surface area contributed by atoms with Gasteiger partial charge in [-0.1, -0.05) is 13.8 Å². The molecular weight excluding hydrogens is 370 g/mol. The number of halogens is 1. The Morgan fingerprint density at radius 1 is 1.29 bits per heavy atom. The molecule has 0 aliphatic carbocycles. The number of hydrogen-bond acceptors (Lipinski definition) is 4. The van der Waals surface area contributed by atoms with Crippen LogP contribution in [0.25, 0.3) is 21.7 Å². The minimum Gasteiger partial charge on any atom is -0.491 e. The van der Waals surface area contributed by atoms with Crippen LogP contribution in [-0.2, 0) is 0 Å². The van der Waals surface area contributed by atoms with E-state index >= 15 is 0 Å². The molecule has 6 heteroatoms. The topological polar surface area (TPSA) is 81.0 Å². The normalized spacial score (nSPS) is 12.9. The van der Waals surface area contributed by atoms with Gasteiger partial charge in [-0.2, -0.15) is 0 Å². The first-order chi connectivity index (χ1) is 11.5. The molecule has 2 heterocycles. The fourth-order valence-electron chi connectivity index (χ4n) is 2.86. The monoisotopic (exact) mass is 389 g/mol. The summed E-state index contributed by atoms with van der Waals surface area (Å²) in [6.45, 7) is 4.71. The SMILES string of the molecule is CC(C)C[C@H](N)COc1cc2[nH]c(=O)c3cnccc3c2cc1Br. The Morgan fingerprint density at radius 2 is 2.08 bits per heavy atom. The van der Waals surface area contributed by atoms with Gasteiger partial charge in [0, 0.05) is 29.9 Å². The molecule has 0 fully saturated rings. The van der Waals surface area contributed by atoms with E-state index in [2.05, 4.69) is 39.7 Å². The van der Waals surface area contributed by atoms with Crippen molar-refractivity contribution in [1.82, 2.24) is 9.97 Å². The van der Waals surface area contributed by atoms with E-state index in [9.17, 15) is 4.79 Å². The van der Waals surface area contributed by atoms with Crippen molar-refractivity contribution in [2.24, 2.45) is 11.7 Å². The average molecular weight is 390 g/mol. The number of aromatic amines is 1. The fraction of sp³-hybridized carbons (Fsp3) is 0.333. The predicted molar refractivity (Wildman–Crippen MR) is 100 cm³/mol. The van der Waals surface area contributed by atoms with Gasteiger partial charge < -0.3 is 15.5 Å². The Balaban J connectivity index is 1.98. The molecule has 0 unspecified atom stereocenters. The van der Waals surface area contributed by atoms with Crippen molar-refractivity contribution in [2.45, 2.75) is 26.3 Å². The minimum atomic E-state index is -0.157. The second kappa shape index (κ2) is 6.91. The van der Waals surface area contributed by atoms with Crippen LogP contribution in [0.1, 0.15) is 20.3 Å². The van der Waals surface area contributed by atoms with Gasteiger partial charge in [-0.15, -0.1) is 0 Å². The van der Waals surface area contributed by atoms with E-state index in [-0.39, 0.29) is 11.6 Å². The van der Waals surface area contributed by atoms with Gasteiger partial charge in [-0.25, -0.2) is 0 Å². The van der Waals surface area contributed by atoms with Gasteiger partial charge in [-0.3, -0.25) is 9.78 Å². The van der Waals surface area contributed by atoms with Gasteiger partial charge in [0.2, 0.25) is 0 Å². The molecule has 0 radical (unpaired) electrons. The van der Waals surface area contributed by atoms with E-state index in [1.807, 2.05) is 18.2 Å². The molecule has 0 bridgehead atoms. The zero-order valence-corrected chi connectivity index (χ0v) is 15.3. The Bertz CT molecular complexity index is 937. The Kier molecular flexibility index (Phi) is 4.87. The van der Waals surface area contributed by atoms with Crippen LogP contribution in [0, 0.1) is 5.92 Å². The van der Waals surface area contributed by atoms with E-state index < -0.39 is 0 Å². The first-order valence-corrected chi connectivity index (χ1v) is 8.72. The number of pyridine rings is 2. The number of rotatable bonds is 5. The number of aromatic nitrogens is 2. The molecule has 3 N–H and O–H groups in total. The summed E-state index contributed by atoms with van der Waals surface area (Å²) in [4.78, 5) is 19.1. The molecule has 3 rings (SSSR count). The van der Waals surface area contributed by atoms with Gasteiger partial charge in [0.1, 0.15) is 12.4 Å².